The molecule has 0 N–H and O–H groups in total. The summed E-state index contributed by atoms with van der Waals surface area (Å²) in [5.74, 6) is 0. The van der Waals surface area contributed by atoms with E-state index in [1.807, 2.05) is 6.92 Å². The van der Waals surface area contributed by atoms with Gasteiger partial charge in [-0.3, -0.25) is 4.79 Å². The summed E-state index contributed by atoms with van der Waals surface area (Å²) < 4.78 is 28.9. The van der Waals surface area contributed by atoms with Crippen LogP contribution in [0.25, 0.3) is 11.3 Å². The number of piperazine rings is 1. The summed E-state index contributed by atoms with van der Waals surface area (Å²) in [5.41, 5.74) is 1.16. The van der Waals surface area contributed by atoms with Gasteiger partial charge in [0.15, 0.2) is 0 Å². The van der Waals surface area contributed by atoms with E-state index in [2.05, 4.69) is 16.9 Å². The van der Waals surface area contributed by atoms with E-state index in [9.17, 15) is 13.2 Å². The second-order valence-electron chi connectivity index (χ2n) is 5.87. The number of aromatic nitrogens is 2. The largest absolute Gasteiger partial charge is 0.301 e. The molecule has 1 aliphatic heterocycles. The van der Waals surface area contributed by atoms with Gasteiger partial charge in [0.05, 0.1) is 5.69 Å². The zero-order valence-corrected chi connectivity index (χ0v) is 16.0. The van der Waals surface area contributed by atoms with Gasteiger partial charge in [-0.2, -0.15) is 9.40 Å². The second kappa shape index (κ2) is 7.36. The Morgan fingerprint density at radius 3 is 2.48 bits per heavy atom. The number of hydrogen-bond donors (Lipinski definition) is 0. The zero-order chi connectivity index (χ0) is 18.0. The summed E-state index contributed by atoms with van der Waals surface area (Å²) in [6, 6.07) is 4.74. The van der Waals surface area contributed by atoms with Crippen molar-refractivity contribution in [2.75, 3.05) is 32.7 Å². The highest BCUT2D eigenvalue weighted by molar-refractivity contribution is 7.91. The summed E-state index contributed by atoms with van der Waals surface area (Å²) >= 11 is 1.20. The van der Waals surface area contributed by atoms with Crippen molar-refractivity contribution >= 4 is 21.4 Å². The number of sulfonamides is 1. The molecule has 3 heterocycles. The lowest BCUT2D eigenvalue weighted by Crippen LogP contribution is -2.48. The summed E-state index contributed by atoms with van der Waals surface area (Å²) in [5, 5.41) is 6.07. The molecule has 0 atom stereocenters. The smallest absolute Gasteiger partial charge is 0.266 e. The zero-order valence-electron chi connectivity index (χ0n) is 14.4. The van der Waals surface area contributed by atoms with Gasteiger partial charge in [-0.05, 0) is 25.6 Å². The average molecular weight is 383 g/mol. The highest BCUT2D eigenvalue weighted by atomic mass is 32.2. The van der Waals surface area contributed by atoms with E-state index in [1.165, 1.54) is 22.1 Å². The molecule has 1 saturated heterocycles. The van der Waals surface area contributed by atoms with Gasteiger partial charge in [-0.1, -0.05) is 6.92 Å². The molecule has 1 fully saturated rings. The Kier molecular flexibility index (Phi) is 5.38. The summed E-state index contributed by atoms with van der Waals surface area (Å²) in [4.78, 5) is 13.9. The van der Waals surface area contributed by atoms with E-state index in [0.717, 1.165) is 25.2 Å². The van der Waals surface area contributed by atoms with Crippen LogP contribution < -0.4 is 5.56 Å². The maximum absolute atomic E-state index is 12.8. The third kappa shape index (κ3) is 3.69. The number of nitrogens with zero attached hydrogens (tertiary/aromatic N) is 4. The fraction of sp³-hybridized carbons (Fsp3) is 0.500. The van der Waals surface area contributed by atoms with Gasteiger partial charge < -0.3 is 4.90 Å². The topological polar surface area (TPSA) is 75.5 Å². The lowest BCUT2D eigenvalue weighted by Gasteiger charge is -2.32. The number of thiophene rings is 1. The summed E-state index contributed by atoms with van der Waals surface area (Å²) in [6.45, 7) is 7.90. The van der Waals surface area contributed by atoms with Crippen molar-refractivity contribution in [3.8, 4) is 11.3 Å². The minimum Gasteiger partial charge on any atom is -0.301 e. The Hall–Kier alpha value is -1.55. The van der Waals surface area contributed by atoms with Crippen LogP contribution in [0, 0.1) is 0 Å². The molecular weight excluding hydrogens is 360 g/mol. The van der Waals surface area contributed by atoms with E-state index in [0.29, 0.717) is 29.5 Å². The summed E-state index contributed by atoms with van der Waals surface area (Å²) in [7, 11) is -3.48. The van der Waals surface area contributed by atoms with E-state index in [-0.39, 0.29) is 5.56 Å². The molecule has 1 aliphatic rings. The standard InChI is InChI=1S/C16H22N4O3S2/c1-3-18-7-9-19(10-8-18)25(22,23)16-11-13(12-24-16)14-5-6-15(21)20(4-2)17-14/h5-6,11-12H,3-4,7-10H2,1-2H3. The number of aryl methyl sites for hydroxylation is 1. The van der Waals surface area contributed by atoms with Crippen LogP contribution in [0.2, 0.25) is 0 Å². The molecule has 0 bridgehead atoms. The van der Waals surface area contributed by atoms with Crippen LogP contribution in [0.3, 0.4) is 0 Å². The lowest BCUT2D eigenvalue weighted by atomic mass is 10.2. The fourth-order valence-corrected chi connectivity index (χ4v) is 5.58. The van der Waals surface area contributed by atoms with Gasteiger partial charge in [-0.25, -0.2) is 13.1 Å². The predicted molar refractivity (Wildman–Crippen MR) is 98.4 cm³/mol. The minimum atomic E-state index is -3.48. The minimum absolute atomic E-state index is 0.164. The molecule has 25 heavy (non-hydrogen) atoms. The molecular formula is C16H22N4O3S2. The van der Waals surface area contributed by atoms with Crippen molar-refractivity contribution in [2.24, 2.45) is 0 Å². The monoisotopic (exact) mass is 382 g/mol. The molecule has 136 valence electrons. The Morgan fingerprint density at radius 2 is 1.84 bits per heavy atom. The Balaban J connectivity index is 1.84. The molecule has 7 nitrogen and oxygen atoms in total. The molecule has 0 spiro atoms. The maximum atomic E-state index is 12.8. The highest BCUT2D eigenvalue weighted by Crippen LogP contribution is 2.29. The number of likely N-dealkylation sites (N-methyl/N-ethyl adjacent to an activating group) is 1. The molecule has 9 heteroatoms. The third-order valence-corrected chi connectivity index (χ3v) is 7.72. The molecule has 0 saturated carbocycles. The Morgan fingerprint density at radius 1 is 1.12 bits per heavy atom. The van der Waals surface area contributed by atoms with Crippen molar-refractivity contribution < 1.29 is 8.42 Å². The first-order chi connectivity index (χ1) is 12.0. The van der Waals surface area contributed by atoms with Crippen LogP contribution in [0.4, 0.5) is 0 Å². The van der Waals surface area contributed by atoms with Crippen molar-refractivity contribution in [1.82, 2.24) is 19.0 Å². The first-order valence-corrected chi connectivity index (χ1v) is 10.7. The van der Waals surface area contributed by atoms with E-state index in [4.69, 9.17) is 0 Å². The maximum Gasteiger partial charge on any atom is 0.266 e. The van der Waals surface area contributed by atoms with Gasteiger partial charge in [0.2, 0.25) is 0 Å². The van der Waals surface area contributed by atoms with Crippen molar-refractivity contribution in [2.45, 2.75) is 24.6 Å². The first kappa shape index (κ1) is 18.2. The van der Waals surface area contributed by atoms with Gasteiger partial charge in [0.1, 0.15) is 4.21 Å². The van der Waals surface area contributed by atoms with E-state index >= 15 is 0 Å². The second-order valence-corrected chi connectivity index (χ2v) is 8.94. The quantitative estimate of drug-likeness (QED) is 0.780. The highest BCUT2D eigenvalue weighted by Gasteiger charge is 2.29. The van der Waals surface area contributed by atoms with E-state index < -0.39 is 10.0 Å². The number of rotatable bonds is 5. The third-order valence-electron chi connectivity index (χ3n) is 4.41. The predicted octanol–water partition coefficient (Wildman–Crippen LogP) is 1.32. The van der Waals surface area contributed by atoms with E-state index in [1.54, 1.807) is 21.8 Å². The van der Waals surface area contributed by atoms with Gasteiger partial charge >= 0.3 is 0 Å². The van der Waals surface area contributed by atoms with Gasteiger partial charge in [-0.15, -0.1) is 11.3 Å². The molecule has 2 aromatic heterocycles. The molecule has 0 radical (unpaired) electrons. The average Bonchev–Trinajstić information content (AvgIpc) is 3.13. The summed E-state index contributed by atoms with van der Waals surface area (Å²) in [6.07, 6.45) is 0. The Labute approximate surface area is 151 Å². The fourth-order valence-electron chi connectivity index (χ4n) is 2.83. The van der Waals surface area contributed by atoms with Gasteiger partial charge in [0.25, 0.3) is 15.6 Å². The van der Waals surface area contributed by atoms with Crippen molar-refractivity contribution in [3.05, 3.63) is 33.9 Å². The Bertz CT molecular complexity index is 896. The molecule has 0 amide bonds. The van der Waals surface area contributed by atoms with Gasteiger partial charge in [0, 0.05) is 49.7 Å². The lowest BCUT2D eigenvalue weighted by molar-refractivity contribution is 0.196. The van der Waals surface area contributed by atoms with Crippen LogP contribution in [0.1, 0.15) is 13.8 Å². The molecule has 2 aromatic rings. The van der Waals surface area contributed by atoms with Crippen LogP contribution in [-0.4, -0.2) is 60.1 Å². The molecule has 0 unspecified atom stereocenters. The van der Waals surface area contributed by atoms with Crippen LogP contribution >= 0.6 is 11.3 Å². The van der Waals surface area contributed by atoms with Crippen molar-refractivity contribution in [1.29, 1.82) is 0 Å². The first-order valence-electron chi connectivity index (χ1n) is 8.35. The van der Waals surface area contributed by atoms with Crippen LogP contribution in [0.15, 0.2) is 32.6 Å². The number of hydrogen-bond acceptors (Lipinski definition) is 6. The molecule has 0 aromatic carbocycles. The normalized spacial score (nSPS) is 17.0. The van der Waals surface area contributed by atoms with Crippen LogP contribution in [-0.2, 0) is 16.6 Å². The van der Waals surface area contributed by atoms with Crippen molar-refractivity contribution in [3.63, 3.8) is 0 Å². The molecule has 3 rings (SSSR count). The SMILES string of the molecule is CCN1CCN(S(=O)(=O)c2cc(-c3ccc(=O)n(CC)n3)cs2)CC1. The van der Waals surface area contributed by atoms with Crippen LogP contribution in [0.5, 0.6) is 0 Å². The molecule has 0 aliphatic carbocycles.